The van der Waals surface area contributed by atoms with E-state index in [0.29, 0.717) is 0 Å². The van der Waals surface area contributed by atoms with E-state index in [2.05, 4.69) is 15.9 Å². The maximum Gasteiger partial charge on any atom is 0.148 e. The van der Waals surface area contributed by atoms with Crippen LogP contribution >= 0.6 is 27.5 Å². The fourth-order valence-corrected chi connectivity index (χ4v) is 2.56. The molecule has 0 atom stereocenters. The molecule has 0 aliphatic rings. The van der Waals surface area contributed by atoms with Crippen LogP contribution in [0.3, 0.4) is 0 Å². The van der Waals surface area contributed by atoms with Crippen molar-refractivity contribution in [3.05, 3.63) is 70.2 Å². The largest absolute Gasteiger partial charge is 0.455 e. The highest BCUT2D eigenvalue weighted by Crippen LogP contribution is 2.36. The van der Waals surface area contributed by atoms with Crippen molar-refractivity contribution in [3.8, 4) is 22.6 Å². The molecule has 3 aromatic rings. The lowest BCUT2D eigenvalue weighted by atomic mass is 10.1. The van der Waals surface area contributed by atoms with Crippen LogP contribution in [0, 0.1) is 0 Å². The van der Waals surface area contributed by atoms with E-state index >= 15 is 0 Å². The Morgan fingerprint density at radius 2 is 1.53 bits per heavy atom. The SMILES string of the molecule is Clc1ccc(-c2oc(-c3ccccc3)cc2Br)cc1. The van der Waals surface area contributed by atoms with Crippen molar-refractivity contribution in [3.63, 3.8) is 0 Å². The minimum atomic E-state index is 0.717. The number of hydrogen-bond acceptors (Lipinski definition) is 1. The van der Waals surface area contributed by atoms with Crippen LogP contribution < -0.4 is 0 Å². The van der Waals surface area contributed by atoms with Crippen LogP contribution in [0.25, 0.3) is 22.6 Å². The molecule has 1 heterocycles. The average Bonchev–Trinajstić information content (AvgIpc) is 2.83. The average molecular weight is 334 g/mol. The molecule has 1 aromatic heterocycles. The zero-order valence-electron chi connectivity index (χ0n) is 9.94. The lowest BCUT2D eigenvalue weighted by Crippen LogP contribution is -1.74. The summed E-state index contributed by atoms with van der Waals surface area (Å²) < 4.78 is 6.88. The number of hydrogen-bond donors (Lipinski definition) is 0. The molecule has 19 heavy (non-hydrogen) atoms. The van der Waals surface area contributed by atoms with E-state index in [1.165, 1.54) is 0 Å². The Hall–Kier alpha value is -1.51. The van der Waals surface area contributed by atoms with Gasteiger partial charge in [0.1, 0.15) is 11.5 Å². The first-order valence-corrected chi connectivity index (χ1v) is 7.02. The Bertz CT molecular complexity index is 687. The van der Waals surface area contributed by atoms with Crippen LogP contribution in [-0.4, -0.2) is 0 Å². The van der Waals surface area contributed by atoms with Gasteiger partial charge in [0.25, 0.3) is 0 Å². The second kappa shape index (κ2) is 5.24. The highest BCUT2D eigenvalue weighted by Gasteiger charge is 2.12. The van der Waals surface area contributed by atoms with Crippen molar-refractivity contribution in [1.29, 1.82) is 0 Å². The van der Waals surface area contributed by atoms with E-state index in [-0.39, 0.29) is 0 Å². The second-order valence-electron chi connectivity index (χ2n) is 4.16. The van der Waals surface area contributed by atoms with Crippen molar-refractivity contribution in [1.82, 2.24) is 0 Å². The molecule has 0 amide bonds. The van der Waals surface area contributed by atoms with Crippen molar-refractivity contribution in [2.45, 2.75) is 0 Å². The van der Waals surface area contributed by atoms with Gasteiger partial charge in [-0.25, -0.2) is 0 Å². The maximum atomic E-state index is 5.94. The molecular weight excluding hydrogens is 324 g/mol. The van der Waals surface area contributed by atoms with Gasteiger partial charge < -0.3 is 4.42 Å². The molecule has 3 rings (SSSR count). The zero-order valence-corrected chi connectivity index (χ0v) is 12.3. The molecule has 3 heteroatoms. The fraction of sp³-hybridized carbons (Fsp3) is 0. The van der Waals surface area contributed by atoms with Gasteiger partial charge in [-0.3, -0.25) is 0 Å². The highest BCUT2D eigenvalue weighted by atomic mass is 79.9. The van der Waals surface area contributed by atoms with Crippen molar-refractivity contribution in [2.75, 3.05) is 0 Å². The summed E-state index contributed by atoms with van der Waals surface area (Å²) in [5.41, 5.74) is 2.06. The number of furan rings is 1. The molecule has 0 unspecified atom stereocenters. The van der Waals surface area contributed by atoms with Gasteiger partial charge in [0, 0.05) is 16.1 Å². The van der Waals surface area contributed by atoms with E-state index in [4.69, 9.17) is 16.0 Å². The topological polar surface area (TPSA) is 13.1 Å². The number of halogens is 2. The summed E-state index contributed by atoms with van der Waals surface area (Å²) in [4.78, 5) is 0. The molecule has 0 fully saturated rings. The normalized spacial score (nSPS) is 10.6. The number of benzene rings is 2. The van der Waals surface area contributed by atoms with E-state index in [1.54, 1.807) is 0 Å². The summed E-state index contributed by atoms with van der Waals surface area (Å²) in [5, 5.41) is 0.717. The van der Waals surface area contributed by atoms with Crippen molar-refractivity contribution in [2.24, 2.45) is 0 Å². The molecule has 0 saturated carbocycles. The minimum Gasteiger partial charge on any atom is -0.455 e. The smallest absolute Gasteiger partial charge is 0.148 e. The predicted molar refractivity (Wildman–Crippen MR) is 82.3 cm³/mol. The van der Waals surface area contributed by atoms with Crippen LogP contribution in [0.5, 0.6) is 0 Å². The summed E-state index contributed by atoms with van der Waals surface area (Å²) in [6.45, 7) is 0. The second-order valence-corrected chi connectivity index (χ2v) is 5.45. The Balaban J connectivity index is 2.05. The molecular formula is C16H10BrClO. The van der Waals surface area contributed by atoms with E-state index < -0.39 is 0 Å². The Labute approximate surface area is 125 Å². The molecule has 0 radical (unpaired) electrons. The van der Waals surface area contributed by atoms with Gasteiger partial charge in [0.05, 0.1) is 4.47 Å². The van der Waals surface area contributed by atoms with Crippen LogP contribution in [0.2, 0.25) is 5.02 Å². The monoisotopic (exact) mass is 332 g/mol. The molecule has 0 saturated heterocycles. The van der Waals surface area contributed by atoms with Gasteiger partial charge >= 0.3 is 0 Å². The van der Waals surface area contributed by atoms with Crippen LogP contribution in [0.15, 0.2) is 69.6 Å². The third-order valence-electron chi connectivity index (χ3n) is 2.85. The molecule has 0 aliphatic heterocycles. The summed E-state index contributed by atoms with van der Waals surface area (Å²) in [6, 6.07) is 19.6. The summed E-state index contributed by atoms with van der Waals surface area (Å²) in [6.07, 6.45) is 0. The van der Waals surface area contributed by atoms with E-state index in [9.17, 15) is 0 Å². The zero-order chi connectivity index (χ0) is 13.2. The van der Waals surface area contributed by atoms with Crippen LogP contribution in [0.4, 0.5) is 0 Å². The van der Waals surface area contributed by atoms with Gasteiger partial charge in [0.2, 0.25) is 0 Å². The van der Waals surface area contributed by atoms with Crippen LogP contribution in [0.1, 0.15) is 0 Å². The summed E-state index contributed by atoms with van der Waals surface area (Å²) in [5.74, 6) is 1.66. The van der Waals surface area contributed by atoms with Gasteiger partial charge in [-0.15, -0.1) is 0 Å². The maximum absolute atomic E-state index is 5.94. The fourth-order valence-electron chi connectivity index (χ4n) is 1.91. The van der Waals surface area contributed by atoms with Gasteiger partial charge in [0.15, 0.2) is 0 Å². The van der Waals surface area contributed by atoms with Gasteiger partial charge in [-0.05, 0) is 46.3 Å². The molecule has 0 aliphatic carbocycles. The lowest BCUT2D eigenvalue weighted by Gasteiger charge is -1.99. The molecule has 0 bridgehead atoms. The predicted octanol–water partition coefficient (Wildman–Crippen LogP) is 6.03. The standard InChI is InChI=1S/C16H10BrClO/c17-14-10-15(11-4-2-1-3-5-11)19-16(14)12-6-8-13(18)9-7-12/h1-10H. The minimum absolute atomic E-state index is 0.717. The van der Waals surface area contributed by atoms with Gasteiger partial charge in [-0.1, -0.05) is 41.9 Å². The Morgan fingerprint density at radius 3 is 2.21 bits per heavy atom. The highest BCUT2D eigenvalue weighted by molar-refractivity contribution is 9.10. The first-order chi connectivity index (χ1) is 9.24. The summed E-state index contributed by atoms with van der Waals surface area (Å²) >= 11 is 9.44. The quantitative estimate of drug-likeness (QED) is 0.558. The molecule has 0 spiro atoms. The first kappa shape index (κ1) is 12.5. The van der Waals surface area contributed by atoms with E-state index in [0.717, 1.165) is 32.1 Å². The van der Waals surface area contributed by atoms with Gasteiger partial charge in [-0.2, -0.15) is 0 Å². The van der Waals surface area contributed by atoms with Crippen LogP contribution in [-0.2, 0) is 0 Å². The molecule has 0 N–H and O–H groups in total. The van der Waals surface area contributed by atoms with Crippen molar-refractivity contribution < 1.29 is 4.42 Å². The van der Waals surface area contributed by atoms with E-state index in [1.807, 2.05) is 60.7 Å². The number of rotatable bonds is 2. The molecule has 2 aromatic carbocycles. The Kier molecular flexibility index (Phi) is 3.45. The Morgan fingerprint density at radius 1 is 0.842 bits per heavy atom. The third-order valence-corrected chi connectivity index (χ3v) is 3.69. The lowest BCUT2D eigenvalue weighted by molar-refractivity contribution is 0.596. The van der Waals surface area contributed by atoms with Crippen molar-refractivity contribution >= 4 is 27.5 Å². The first-order valence-electron chi connectivity index (χ1n) is 5.85. The third kappa shape index (κ3) is 2.60. The molecule has 94 valence electrons. The summed E-state index contributed by atoms with van der Waals surface area (Å²) in [7, 11) is 0. The molecule has 1 nitrogen and oxygen atoms in total.